The highest BCUT2D eigenvalue weighted by Gasteiger charge is 2.15. The van der Waals surface area contributed by atoms with E-state index in [0.29, 0.717) is 28.9 Å². The molecule has 0 spiro atoms. The Morgan fingerprint density at radius 3 is 2.47 bits per heavy atom. The van der Waals surface area contributed by atoms with Gasteiger partial charge in [0.25, 0.3) is 11.1 Å². The number of carbonyl (C=O) groups is 2. The third kappa shape index (κ3) is 6.11. The molecule has 2 N–H and O–H groups in total. The van der Waals surface area contributed by atoms with Crippen molar-refractivity contribution < 1.29 is 14.0 Å². The van der Waals surface area contributed by atoms with E-state index in [9.17, 15) is 9.59 Å². The van der Waals surface area contributed by atoms with Crippen molar-refractivity contribution in [2.45, 2.75) is 18.6 Å². The van der Waals surface area contributed by atoms with Gasteiger partial charge < -0.3 is 15.1 Å². The number of amides is 2. The predicted molar refractivity (Wildman–Crippen MR) is 133 cm³/mol. The van der Waals surface area contributed by atoms with E-state index in [-0.39, 0.29) is 17.6 Å². The smallest absolute Gasteiger partial charge is 0.277 e. The summed E-state index contributed by atoms with van der Waals surface area (Å²) >= 11 is 1.14. The summed E-state index contributed by atoms with van der Waals surface area (Å²) in [7, 11) is 0. The molecule has 0 aliphatic carbocycles. The Bertz CT molecular complexity index is 1270. The molecule has 34 heavy (non-hydrogen) atoms. The number of hydrogen-bond donors (Lipinski definition) is 2. The molecule has 7 nitrogen and oxygen atoms in total. The highest BCUT2D eigenvalue weighted by Crippen LogP contribution is 2.25. The molecule has 8 heteroatoms. The van der Waals surface area contributed by atoms with Gasteiger partial charge in [-0.15, -0.1) is 10.2 Å². The van der Waals surface area contributed by atoms with E-state index in [0.717, 1.165) is 34.9 Å². The molecule has 0 unspecified atom stereocenters. The second kappa shape index (κ2) is 11.3. The van der Waals surface area contributed by atoms with Gasteiger partial charge in [-0.3, -0.25) is 9.59 Å². The van der Waals surface area contributed by atoms with Crippen molar-refractivity contribution in [2.75, 3.05) is 17.6 Å². The quantitative estimate of drug-likeness (QED) is 0.341. The van der Waals surface area contributed by atoms with Gasteiger partial charge in [0.2, 0.25) is 11.8 Å². The summed E-state index contributed by atoms with van der Waals surface area (Å²) in [6, 6.07) is 24.6. The second-order valence-electron chi connectivity index (χ2n) is 7.56. The van der Waals surface area contributed by atoms with Crippen molar-refractivity contribution in [3.8, 4) is 11.5 Å². The highest BCUT2D eigenvalue weighted by molar-refractivity contribution is 7.99. The summed E-state index contributed by atoms with van der Waals surface area (Å²) in [5.74, 6) is -0.0257. The van der Waals surface area contributed by atoms with Gasteiger partial charge in [-0.2, -0.15) is 0 Å². The minimum Gasteiger partial charge on any atom is -0.411 e. The van der Waals surface area contributed by atoms with Crippen LogP contribution in [0.1, 0.15) is 21.5 Å². The molecule has 172 valence electrons. The Morgan fingerprint density at radius 1 is 0.912 bits per heavy atom. The fraction of sp³-hybridized carbons (Fsp3) is 0.154. The first-order valence-corrected chi connectivity index (χ1v) is 11.8. The average molecular weight is 473 g/mol. The lowest BCUT2D eigenvalue weighted by molar-refractivity contribution is -0.113. The lowest BCUT2D eigenvalue weighted by atomic mass is 10.1. The summed E-state index contributed by atoms with van der Waals surface area (Å²) < 4.78 is 5.69. The zero-order chi connectivity index (χ0) is 23.8. The van der Waals surface area contributed by atoms with E-state index in [1.54, 1.807) is 24.3 Å². The summed E-state index contributed by atoms with van der Waals surface area (Å²) in [5, 5.41) is 14.1. The van der Waals surface area contributed by atoms with Gasteiger partial charge in [-0.05, 0) is 42.7 Å². The molecule has 4 aromatic rings. The summed E-state index contributed by atoms with van der Waals surface area (Å²) in [6.07, 6.45) is 0.729. The van der Waals surface area contributed by atoms with Crippen LogP contribution in [0.4, 0.5) is 5.69 Å². The Morgan fingerprint density at radius 2 is 1.65 bits per heavy atom. The Kier molecular flexibility index (Phi) is 7.72. The maximum Gasteiger partial charge on any atom is 0.277 e. The van der Waals surface area contributed by atoms with E-state index < -0.39 is 0 Å². The zero-order valence-electron chi connectivity index (χ0n) is 18.7. The van der Waals surface area contributed by atoms with Crippen LogP contribution in [0.15, 0.2) is 88.5 Å². The number of rotatable bonds is 9. The minimum absolute atomic E-state index is 0.0688. The topological polar surface area (TPSA) is 97.1 Å². The number of nitrogens with one attached hydrogen (secondary N) is 2. The zero-order valence-corrected chi connectivity index (χ0v) is 19.5. The van der Waals surface area contributed by atoms with Crippen molar-refractivity contribution in [3.63, 3.8) is 0 Å². The van der Waals surface area contributed by atoms with Gasteiger partial charge in [-0.25, -0.2) is 0 Å². The predicted octanol–water partition coefficient (Wildman–Crippen LogP) is 4.75. The van der Waals surface area contributed by atoms with Crippen molar-refractivity contribution in [3.05, 3.63) is 95.6 Å². The summed E-state index contributed by atoms with van der Waals surface area (Å²) in [6.45, 7) is 2.47. The lowest BCUT2D eigenvalue weighted by Gasteiger charge is -2.11. The second-order valence-corrected chi connectivity index (χ2v) is 8.49. The van der Waals surface area contributed by atoms with Crippen LogP contribution in [0, 0.1) is 6.92 Å². The molecule has 1 aromatic heterocycles. The number of benzene rings is 3. The van der Waals surface area contributed by atoms with Crippen LogP contribution in [0.25, 0.3) is 11.5 Å². The Balaban J connectivity index is 1.31. The number of carbonyl (C=O) groups excluding carboxylic acids is 2. The maximum absolute atomic E-state index is 12.7. The van der Waals surface area contributed by atoms with Gasteiger partial charge in [0.15, 0.2) is 0 Å². The summed E-state index contributed by atoms with van der Waals surface area (Å²) in [4.78, 5) is 25.2. The van der Waals surface area contributed by atoms with Crippen LogP contribution in [-0.2, 0) is 11.2 Å². The van der Waals surface area contributed by atoms with Crippen molar-refractivity contribution in [1.29, 1.82) is 0 Å². The van der Waals surface area contributed by atoms with E-state index in [2.05, 4.69) is 20.8 Å². The molecule has 0 saturated carbocycles. The molecule has 3 aromatic carbocycles. The molecule has 4 rings (SSSR count). The van der Waals surface area contributed by atoms with Crippen LogP contribution in [0.2, 0.25) is 0 Å². The van der Waals surface area contributed by atoms with Crippen LogP contribution in [-0.4, -0.2) is 34.3 Å². The van der Waals surface area contributed by atoms with Crippen LogP contribution in [0.5, 0.6) is 0 Å². The number of thioether (sulfide) groups is 1. The molecule has 0 atom stereocenters. The van der Waals surface area contributed by atoms with Gasteiger partial charge in [0, 0.05) is 12.1 Å². The minimum atomic E-state index is -0.273. The highest BCUT2D eigenvalue weighted by atomic mass is 32.2. The molecule has 0 aliphatic heterocycles. The molecule has 1 heterocycles. The van der Waals surface area contributed by atoms with E-state index >= 15 is 0 Å². The Labute approximate surface area is 202 Å². The van der Waals surface area contributed by atoms with E-state index in [4.69, 9.17) is 4.42 Å². The normalized spacial score (nSPS) is 10.6. The number of nitrogens with zero attached hydrogens (tertiary/aromatic N) is 2. The number of para-hydroxylation sites is 1. The molecule has 0 radical (unpaired) electrons. The number of hydrogen-bond acceptors (Lipinski definition) is 6. The van der Waals surface area contributed by atoms with Crippen molar-refractivity contribution in [2.24, 2.45) is 0 Å². The van der Waals surface area contributed by atoms with Gasteiger partial charge in [0.1, 0.15) is 0 Å². The van der Waals surface area contributed by atoms with Crippen LogP contribution >= 0.6 is 11.8 Å². The number of aryl methyl sites for hydroxylation is 1. The molecule has 2 amide bonds. The fourth-order valence-electron chi connectivity index (χ4n) is 3.35. The van der Waals surface area contributed by atoms with Gasteiger partial charge >= 0.3 is 0 Å². The van der Waals surface area contributed by atoms with Crippen LogP contribution < -0.4 is 10.6 Å². The first-order chi connectivity index (χ1) is 16.6. The van der Waals surface area contributed by atoms with Crippen molar-refractivity contribution >= 4 is 29.3 Å². The van der Waals surface area contributed by atoms with Gasteiger partial charge in [0.05, 0.1) is 17.0 Å². The molecule has 0 fully saturated rings. The molecular formula is C26H24N4O3S. The maximum atomic E-state index is 12.7. The first kappa shape index (κ1) is 23.3. The monoisotopic (exact) mass is 472 g/mol. The SMILES string of the molecule is Cc1ccccc1-c1nnc(SCC(=O)Nc2ccccc2C(=O)NCCc2ccccc2)o1. The van der Waals surface area contributed by atoms with Gasteiger partial charge in [-0.1, -0.05) is 72.4 Å². The van der Waals surface area contributed by atoms with Crippen LogP contribution in [0.3, 0.4) is 0 Å². The third-order valence-corrected chi connectivity index (χ3v) is 5.91. The largest absolute Gasteiger partial charge is 0.411 e. The standard InChI is InChI=1S/C26H24N4O3S/c1-18-9-5-6-12-20(18)25-29-30-26(33-25)34-17-23(31)28-22-14-8-7-13-21(22)24(32)27-16-15-19-10-3-2-4-11-19/h2-14H,15-17H2,1H3,(H,27,32)(H,28,31). The molecular weight excluding hydrogens is 448 g/mol. The van der Waals surface area contributed by atoms with Crippen molar-refractivity contribution in [1.82, 2.24) is 15.5 Å². The lowest BCUT2D eigenvalue weighted by Crippen LogP contribution is -2.27. The summed E-state index contributed by atoms with van der Waals surface area (Å²) in [5.41, 5.74) is 3.90. The third-order valence-electron chi connectivity index (χ3n) is 5.10. The fourth-order valence-corrected chi connectivity index (χ4v) is 3.92. The van der Waals surface area contributed by atoms with E-state index in [1.807, 2.05) is 61.5 Å². The number of aromatic nitrogens is 2. The average Bonchev–Trinajstić information content (AvgIpc) is 3.33. The molecule has 0 aliphatic rings. The number of anilines is 1. The van der Waals surface area contributed by atoms with E-state index in [1.165, 1.54) is 0 Å². The first-order valence-electron chi connectivity index (χ1n) is 10.8. The molecule has 0 saturated heterocycles. The Hall–Kier alpha value is -3.91. The molecule has 0 bridgehead atoms.